The van der Waals surface area contributed by atoms with Gasteiger partial charge in [-0.15, -0.1) is 11.3 Å². The number of aryl methyl sites for hydroxylation is 2. The lowest BCUT2D eigenvalue weighted by atomic mass is 10.2. The molecular weight excluding hydrogens is 313 g/mol. The first-order chi connectivity index (χ1) is 10.3. The molecule has 0 radical (unpaired) electrons. The van der Waals surface area contributed by atoms with Gasteiger partial charge in [-0.1, -0.05) is 0 Å². The summed E-state index contributed by atoms with van der Waals surface area (Å²) in [6.45, 7) is 5.15. The molecule has 0 aromatic carbocycles. The number of nitrogens with zero attached hydrogens (tertiary/aromatic N) is 4. The summed E-state index contributed by atoms with van der Waals surface area (Å²) in [5.74, 6) is 0.846. The monoisotopic (exact) mass is 330 g/mol. The van der Waals surface area contributed by atoms with Crippen LogP contribution in [0.4, 0.5) is 19.0 Å². The summed E-state index contributed by atoms with van der Waals surface area (Å²) >= 11 is 1.63. The number of rotatable bonds is 2. The molecule has 0 saturated carbocycles. The average Bonchev–Trinajstić information content (AvgIpc) is 2.73. The Bertz CT molecular complexity index is 675. The van der Waals surface area contributed by atoms with Gasteiger partial charge in [-0.3, -0.25) is 4.90 Å². The van der Waals surface area contributed by atoms with Gasteiger partial charge >= 0.3 is 6.18 Å². The van der Waals surface area contributed by atoms with Crippen LogP contribution in [0.25, 0.3) is 10.2 Å². The lowest BCUT2D eigenvalue weighted by Crippen LogP contribution is -2.49. The Labute approximate surface area is 130 Å². The van der Waals surface area contributed by atoms with E-state index in [1.54, 1.807) is 11.3 Å². The number of thiophene rings is 1. The van der Waals surface area contributed by atoms with E-state index in [-0.39, 0.29) is 0 Å². The molecule has 0 N–H and O–H groups in total. The van der Waals surface area contributed by atoms with E-state index in [0.717, 1.165) is 21.6 Å². The summed E-state index contributed by atoms with van der Waals surface area (Å²) in [5, 5.41) is 1.04. The molecule has 0 bridgehead atoms. The number of alkyl halides is 3. The molecule has 8 heteroatoms. The molecule has 4 nitrogen and oxygen atoms in total. The van der Waals surface area contributed by atoms with Crippen LogP contribution < -0.4 is 4.90 Å². The zero-order chi connectivity index (χ0) is 15.9. The molecule has 22 heavy (non-hydrogen) atoms. The van der Waals surface area contributed by atoms with E-state index in [1.165, 1.54) is 16.1 Å². The van der Waals surface area contributed by atoms with Gasteiger partial charge in [0.2, 0.25) is 0 Å². The molecule has 3 heterocycles. The van der Waals surface area contributed by atoms with Crippen LogP contribution in [0.2, 0.25) is 0 Å². The van der Waals surface area contributed by atoms with E-state index in [9.17, 15) is 13.2 Å². The Morgan fingerprint density at radius 3 is 2.45 bits per heavy atom. The Balaban J connectivity index is 1.80. The predicted octanol–water partition coefficient (Wildman–Crippen LogP) is 2.99. The van der Waals surface area contributed by atoms with Crippen LogP contribution in [0.1, 0.15) is 10.4 Å². The maximum Gasteiger partial charge on any atom is 0.401 e. The molecule has 2 aromatic rings. The molecule has 2 aromatic heterocycles. The summed E-state index contributed by atoms with van der Waals surface area (Å²) in [6, 6.07) is 0. The van der Waals surface area contributed by atoms with Crippen LogP contribution >= 0.6 is 11.3 Å². The number of halogens is 3. The van der Waals surface area contributed by atoms with Gasteiger partial charge in [0.25, 0.3) is 0 Å². The lowest BCUT2D eigenvalue weighted by molar-refractivity contribution is -0.146. The fraction of sp³-hybridized carbons (Fsp3) is 0.571. The van der Waals surface area contributed by atoms with Gasteiger partial charge in [-0.05, 0) is 19.4 Å². The minimum atomic E-state index is -4.13. The Morgan fingerprint density at radius 2 is 1.82 bits per heavy atom. The largest absolute Gasteiger partial charge is 0.401 e. The third-order valence-electron chi connectivity index (χ3n) is 4.02. The Kier molecular flexibility index (Phi) is 3.98. The molecule has 0 unspecified atom stereocenters. The number of piperazine rings is 1. The average molecular weight is 330 g/mol. The molecule has 1 fully saturated rings. The standard InChI is InChI=1S/C14H17F3N4S/c1-9-10(2)22-13-11(9)12(18-8-19-13)21-5-3-20(4-6-21)7-14(15,16)17/h8H,3-7H2,1-2H3. The normalized spacial score (nSPS) is 17.4. The quantitative estimate of drug-likeness (QED) is 0.847. The smallest absolute Gasteiger partial charge is 0.353 e. The first-order valence-corrected chi connectivity index (χ1v) is 7.91. The van der Waals surface area contributed by atoms with Crippen LogP contribution in [0.5, 0.6) is 0 Å². The van der Waals surface area contributed by atoms with E-state index in [1.807, 2.05) is 13.8 Å². The fourth-order valence-electron chi connectivity index (χ4n) is 2.77. The highest BCUT2D eigenvalue weighted by Gasteiger charge is 2.32. The highest BCUT2D eigenvalue weighted by atomic mass is 32.1. The van der Waals surface area contributed by atoms with Crippen LogP contribution in [0, 0.1) is 13.8 Å². The van der Waals surface area contributed by atoms with Crippen LogP contribution in [-0.4, -0.2) is 53.8 Å². The Morgan fingerprint density at radius 1 is 1.14 bits per heavy atom. The summed E-state index contributed by atoms with van der Waals surface area (Å²) in [4.78, 5) is 14.3. The molecule has 0 spiro atoms. The SMILES string of the molecule is Cc1sc2ncnc(N3CCN(CC(F)(F)F)CC3)c2c1C. The van der Waals surface area contributed by atoms with Crippen molar-refractivity contribution in [1.82, 2.24) is 14.9 Å². The van der Waals surface area contributed by atoms with Gasteiger partial charge in [-0.25, -0.2) is 9.97 Å². The first kappa shape index (κ1) is 15.5. The summed E-state index contributed by atoms with van der Waals surface area (Å²) < 4.78 is 37.3. The molecule has 1 aliphatic heterocycles. The third kappa shape index (κ3) is 3.03. The van der Waals surface area contributed by atoms with Crippen molar-refractivity contribution in [3.8, 4) is 0 Å². The van der Waals surface area contributed by atoms with Gasteiger partial charge in [-0.2, -0.15) is 13.2 Å². The van der Waals surface area contributed by atoms with Gasteiger partial charge in [0.15, 0.2) is 0 Å². The first-order valence-electron chi connectivity index (χ1n) is 7.10. The van der Waals surface area contributed by atoms with E-state index in [4.69, 9.17) is 0 Å². The van der Waals surface area contributed by atoms with Gasteiger partial charge < -0.3 is 4.90 Å². The second-order valence-electron chi connectivity index (χ2n) is 5.54. The van der Waals surface area contributed by atoms with Crippen LogP contribution in [0.15, 0.2) is 6.33 Å². The van der Waals surface area contributed by atoms with Gasteiger partial charge in [0.05, 0.1) is 11.9 Å². The molecule has 0 amide bonds. The Hall–Kier alpha value is -1.41. The van der Waals surface area contributed by atoms with Crippen molar-refractivity contribution in [2.75, 3.05) is 37.6 Å². The van der Waals surface area contributed by atoms with Crippen LogP contribution in [0.3, 0.4) is 0 Å². The van der Waals surface area contributed by atoms with Crippen molar-refractivity contribution in [3.05, 3.63) is 16.8 Å². The van der Waals surface area contributed by atoms with Crippen LogP contribution in [-0.2, 0) is 0 Å². The zero-order valence-corrected chi connectivity index (χ0v) is 13.3. The van der Waals surface area contributed by atoms with E-state index in [2.05, 4.69) is 14.9 Å². The molecular formula is C14H17F3N4S. The maximum absolute atomic E-state index is 12.4. The summed E-state index contributed by atoms with van der Waals surface area (Å²) in [7, 11) is 0. The lowest BCUT2D eigenvalue weighted by Gasteiger charge is -2.35. The van der Waals surface area contributed by atoms with E-state index < -0.39 is 12.7 Å². The number of fused-ring (bicyclic) bond motifs is 1. The molecule has 1 saturated heterocycles. The molecule has 0 atom stereocenters. The minimum Gasteiger partial charge on any atom is -0.353 e. The van der Waals surface area contributed by atoms with Crippen molar-refractivity contribution in [3.63, 3.8) is 0 Å². The second-order valence-corrected chi connectivity index (χ2v) is 6.74. The predicted molar refractivity (Wildman–Crippen MR) is 81.6 cm³/mol. The maximum atomic E-state index is 12.4. The minimum absolute atomic E-state index is 0.396. The van der Waals surface area contributed by atoms with Crippen molar-refractivity contribution in [2.24, 2.45) is 0 Å². The van der Waals surface area contributed by atoms with Crippen molar-refractivity contribution in [2.45, 2.75) is 20.0 Å². The van der Waals surface area contributed by atoms with Crippen molar-refractivity contribution in [1.29, 1.82) is 0 Å². The van der Waals surface area contributed by atoms with E-state index in [0.29, 0.717) is 26.2 Å². The molecule has 3 rings (SSSR count). The summed E-state index contributed by atoms with van der Waals surface area (Å²) in [6.07, 6.45) is -2.60. The van der Waals surface area contributed by atoms with E-state index >= 15 is 0 Å². The molecule has 120 valence electrons. The van der Waals surface area contributed by atoms with Crippen molar-refractivity contribution >= 4 is 27.4 Å². The molecule has 1 aliphatic rings. The number of anilines is 1. The van der Waals surface area contributed by atoms with Gasteiger partial charge in [0.1, 0.15) is 17.0 Å². The fourth-order valence-corrected chi connectivity index (χ4v) is 3.77. The number of hydrogen-bond donors (Lipinski definition) is 0. The number of hydrogen-bond acceptors (Lipinski definition) is 5. The second kappa shape index (κ2) is 5.66. The topological polar surface area (TPSA) is 32.3 Å². The zero-order valence-electron chi connectivity index (χ0n) is 12.4. The summed E-state index contributed by atoms with van der Waals surface area (Å²) in [5.41, 5.74) is 1.16. The van der Waals surface area contributed by atoms with Crippen molar-refractivity contribution < 1.29 is 13.2 Å². The highest BCUT2D eigenvalue weighted by molar-refractivity contribution is 7.18. The van der Waals surface area contributed by atoms with Gasteiger partial charge in [0, 0.05) is 31.1 Å². The highest BCUT2D eigenvalue weighted by Crippen LogP contribution is 2.34. The number of aromatic nitrogens is 2. The third-order valence-corrected chi connectivity index (χ3v) is 5.14. The molecule has 0 aliphatic carbocycles.